The maximum absolute atomic E-state index is 13.0. The van der Waals surface area contributed by atoms with Gasteiger partial charge in [-0.05, 0) is 49.5 Å². The second-order valence-corrected chi connectivity index (χ2v) is 5.24. The molecule has 2 N–H and O–H groups in total. The van der Waals surface area contributed by atoms with Gasteiger partial charge >= 0.3 is 0 Å². The Bertz CT molecular complexity index is 357. The monoisotopic (exact) mass is 250 g/mol. The van der Waals surface area contributed by atoms with Crippen molar-refractivity contribution in [3.8, 4) is 0 Å². The molecule has 2 unspecified atom stereocenters. The Labute approximate surface area is 109 Å². The lowest BCUT2D eigenvalue weighted by Gasteiger charge is -2.37. The van der Waals surface area contributed by atoms with Crippen LogP contribution in [0.2, 0.25) is 0 Å². The van der Waals surface area contributed by atoms with E-state index in [1.54, 1.807) is 0 Å². The number of benzene rings is 1. The number of halogens is 1. The van der Waals surface area contributed by atoms with Crippen LogP contribution in [0.3, 0.4) is 0 Å². The van der Waals surface area contributed by atoms with Gasteiger partial charge in [-0.15, -0.1) is 0 Å². The lowest BCUT2D eigenvalue weighted by molar-refractivity contribution is 0.149. The van der Waals surface area contributed by atoms with Crippen LogP contribution >= 0.6 is 0 Å². The molecule has 0 radical (unpaired) electrons. The zero-order valence-electron chi connectivity index (χ0n) is 11.1. The molecule has 1 aromatic rings. The molecule has 0 spiro atoms. The third-order valence-corrected chi connectivity index (χ3v) is 4.07. The second-order valence-electron chi connectivity index (χ2n) is 5.24. The number of nitrogens with zero attached hydrogens (tertiary/aromatic N) is 1. The van der Waals surface area contributed by atoms with E-state index in [-0.39, 0.29) is 5.82 Å². The minimum absolute atomic E-state index is 0.173. The Morgan fingerprint density at radius 1 is 1.17 bits per heavy atom. The van der Waals surface area contributed by atoms with E-state index in [0.29, 0.717) is 18.5 Å². The van der Waals surface area contributed by atoms with Gasteiger partial charge in [-0.1, -0.05) is 25.5 Å². The standard InChI is InChI=1S/C15H23FN2/c1-12(13-5-7-14(16)8-6-13)15(11-17)18-9-3-2-4-10-18/h5-8,12,15H,2-4,9-11,17H2,1H3. The molecule has 0 aliphatic carbocycles. The number of nitrogens with two attached hydrogens (primary N) is 1. The van der Waals surface area contributed by atoms with Gasteiger partial charge < -0.3 is 5.73 Å². The van der Waals surface area contributed by atoms with Gasteiger partial charge in [0.05, 0.1) is 0 Å². The molecule has 0 saturated carbocycles. The SMILES string of the molecule is CC(c1ccc(F)cc1)C(CN)N1CCCCC1. The normalized spacial score (nSPS) is 20.6. The van der Waals surface area contributed by atoms with Crippen LogP contribution in [0.25, 0.3) is 0 Å². The quantitative estimate of drug-likeness (QED) is 0.890. The van der Waals surface area contributed by atoms with Crippen LogP contribution in [-0.4, -0.2) is 30.6 Å². The van der Waals surface area contributed by atoms with Crippen LogP contribution in [0.15, 0.2) is 24.3 Å². The fraction of sp³-hybridized carbons (Fsp3) is 0.600. The summed E-state index contributed by atoms with van der Waals surface area (Å²) in [5, 5.41) is 0. The van der Waals surface area contributed by atoms with Crippen molar-refractivity contribution in [2.45, 2.75) is 38.1 Å². The Hall–Kier alpha value is -0.930. The van der Waals surface area contributed by atoms with Crippen molar-refractivity contribution >= 4 is 0 Å². The van der Waals surface area contributed by atoms with Crippen molar-refractivity contribution in [2.24, 2.45) is 5.73 Å². The van der Waals surface area contributed by atoms with E-state index < -0.39 is 0 Å². The number of piperidine rings is 1. The van der Waals surface area contributed by atoms with Gasteiger partial charge in [-0.25, -0.2) is 4.39 Å². The van der Waals surface area contributed by atoms with Gasteiger partial charge in [0.15, 0.2) is 0 Å². The fourth-order valence-electron chi connectivity index (χ4n) is 2.91. The second kappa shape index (κ2) is 6.30. The summed E-state index contributed by atoms with van der Waals surface area (Å²) in [7, 11) is 0. The van der Waals surface area contributed by atoms with E-state index in [1.807, 2.05) is 12.1 Å². The summed E-state index contributed by atoms with van der Waals surface area (Å²) >= 11 is 0. The van der Waals surface area contributed by atoms with Crippen molar-refractivity contribution in [1.82, 2.24) is 4.90 Å². The molecule has 3 heteroatoms. The summed E-state index contributed by atoms with van der Waals surface area (Å²) in [5.74, 6) is 0.182. The van der Waals surface area contributed by atoms with E-state index >= 15 is 0 Å². The molecule has 1 aromatic carbocycles. The zero-order valence-corrected chi connectivity index (χ0v) is 11.1. The van der Waals surface area contributed by atoms with Crippen LogP contribution in [0.5, 0.6) is 0 Å². The van der Waals surface area contributed by atoms with Crippen molar-refractivity contribution in [3.63, 3.8) is 0 Å². The molecule has 1 heterocycles. The summed E-state index contributed by atoms with van der Waals surface area (Å²) in [5.41, 5.74) is 7.13. The average Bonchev–Trinajstić information content (AvgIpc) is 2.41. The molecule has 0 bridgehead atoms. The largest absolute Gasteiger partial charge is 0.329 e. The van der Waals surface area contributed by atoms with E-state index in [9.17, 15) is 4.39 Å². The summed E-state index contributed by atoms with van der Waals surface area (Å²) in [4.78, 5) is 2.50. The molecule has 1 saturated heterocycles. The molecule has 100 valence electrons. The lowest BCUT2D eigenvalue weighted by Crippen LogP contribution is -2.46. The van der Waals surface area contributed by atoms with Gasteiger partial charge in [-0.3, -0.25) is 4.90 Å². The zero-order chi connectivity index (χ0) is 13.0. The van der Waals surface area contributed by atoms with Crippen LogP contribution in [0, 0.1) is 5.82 Å². The third-order valence-electron chi connectivity index (χ3n) is 4.07. The summed E-state index contributed by atoms with van der Waals surface area (Å²) < 4.78 is 13.0. The average molecular weight is 250 g/mol. The van der Waals surface area contributed by atoms with Gasteiger partial charge in [0.25, 0.3) is 0 Å². The van der Waals surface area contributed by atoms with Crippen LogP contribution < -0.4 is 5.73 Å². The van der Waals surface area contributed by atoms with Crippen LogP contribution in [0.1, 0.15) is 37.7 Å². The predicted molar refractivity (Wildman–Crippen MR) is 73.1 cm³/mol. The van der Waals surface area contributed by atoms with E-state index in [0.717, 1.165) is 13.1 Å². The van der Waals surface area contributed by atoms with Crippen molar-refractivity contribution in [2.75, 3.05) is 19.6 Å². The van der Waals surface area contributed by atoms with Gasteiger partial charge in [-0.2, -0.15) is 0 Å². The molecule has 0 amide bonds. The molecule has 0 aromatic heterocycles. The first-order valence-electron chi connectivity index (χ1n) is 6.92. The summed E-state index contributed by atoms with van der Waals surface area (Å²) in [6.07, 6.45) is 3.87. The van der Waals surface area contributed by atoms with Crippen molar-refractivity contribution in [1.29, 1.82) is 0 Å². The molecular formula is C15H23FN2. The van der Waals surface area contributed by atoms with Crippen molar-refractivity contribution < 1.29 is 4.39 Å². The highest BCUT2D eigenvalue weighted by Crippen LogP contribution is 2.25. The topological polar surface area (TPSA) is 29.3 Å². The molecular weight excluding hydrogens is 227 g/mol. The minimum atomic E-state index is -0.173. The highest BCUT2D eigenvalue weighted by molar-refractivity contribution is 5.21. The maximum atomic E-state index is 13.0. The first-order chi connectivity index (χ1) is 8.72. The Balaban J connectivity index is 2.08. The van der Waals surface area contributed by atoms with E-state index in [2.05, 4.69) is 11.8 Å². The predicted octanol–water partition coefficient (Wildman–Crippen LogP) is 2.74. The molecule has 2 nitrogen and oxygen atoms in total. The Morgan fingerprint density at radius 2 is 1.78 bits per heavy atom. The van der Waals surface area contributed by atoms with Gasteiger partial charge in [0.2, 0.25) is 0 Å². The first-order valence-corrected chi connectivity index (χ1v) is 6.92. The van der Waals surface area contributed by atoms with Crippen molar-refractivity contribution in [3.05, 3.63) is 35.6 Å². The first kappa shape index (κ1) is 13.5. The van der Waals surface area contributed by atoms with Gasteiger partial charge in [0.1, 0.15) is 5.82 Å². The molecule has 1 fully saturated rings. The Kier molecular flexibility index (Phi) is 4.72. The van der Waals surface area contributed by atoms with Crippen LogP contribution in [0.4, 0.5) is 4.39 Å². The molecule has 18 heavy (non-hydrogen) atoms. The van der Waals surface area contributed by atoms with E-state index in [4.69, 9.17) is 5.73 Å². The number of hydrogen-bond acceptors (Lipinski definition) is 2. The lowest BCUT2D eigenvalue weighted by atomic mass is 9.91. The number of rotatable bonds is 4. The van der Waals surface area contributed by atoms with Crippen LogP contribution in [-0.2, 0) is 0 Å². The fourth-order valence-corrected chi connectivity index (χ4v) is 2.91. The third kappa shape index (κ3) is 3.09. The minimum Gasteiger partial charge on any atom is -0.329 e. The maximum Gasteiger partial charge on any atom is 0.123 e. The number of likely N-dealkylation sites (tertiary alicyclic amines) is 1. The summed E-state index contributed by atoms with van der Waals surface area (Å²) in [6, 6.07) is 7.21. The highest BCUT2D eigenvalue weighted by atomic mass is 19.1. The molecule has 1 aliphatic heterocycles. The Morgan fingerprint density at radius 3 is 2.33 bits per heavy atom. The molecule has 2 atom stereocenters. The molecule has 2 rings (SSSR count). The van der Waals surface area contributed by atoms with E-state index in [1.165, 1.54) is 37.0 Å². The summed E-state index contributed by atoms with van der Waals surface area (Å²) in [6.45, 7) is 5.15. The number of hydrogen-bond donors (Lipinski definition) is 1. The highest BCUT2D eigenvalue weighted by Gasteiger charge is 2.25. The molecule has 1 aliphatic rings. The van der Waals surface area contributed by atoms with Gasteiger partial charge in [0, 0.05) is 12.6 Å². The smallest absolute Gasteiger partial charge is 0.123 e.